The zero-order valence-electron chi connectivity index (χ0n) is 24.1. The second-order valence-corrected chi connectivity index (χ2v) is 9.83. The number of aliphatic carboxylic acids is 1. The van der Waals surface area contributed by atoms with E-state index in [1.165, 1.54) is 26.0 Å². The van der Waals surface area contributed by atoms with Gasteiger partial charge >= 0.3 is 12.1 Å². The zero-order chi connectivity index (χ0) is 32.0. The molecule has 0 bridgehead atoms. The van der Waals surface area contributed by atoms with Crippen molar-refractivity contribution in [2.45, 2.75) is 77.7 Å². The molecule has 232 valence electrons. The quantitative estimate of drug-likeness (QED) is 0.120. The standard InChI is InChI=1S/C27H39N5O10/c1-6-42-27(41)29-16(5)24(38)31-20(11-17-7-9-19(34)10-8-17)25(39)32-22(14(2)3)26(40)28-15(4)23(37)30-18(13-33)12-21(35)36/h7-10,13-16,18,20,22,34H,6,11-12H2,1-5H3,(H,28,40)(H,29,41)(H,30,37)(H,31,38)(H,32,39)(H,35,36). The van der Waals surface area contributed by atoms with Crippen LogP contribution in [-0.2, 0) is 39.9 Å². The number of hydrogen-bond donors (Lipinski definition) is 7. The number of carboxylic acids is 1. The summed E-state index contributed by atoms with van der Waals surface area (Å²) in [6.07, 6.45) is -1.23. The Balaban J connectivity index is 3.05. The van der Waals surface area contributed by atoms with Crippen LogP contribution >= 0.6 is 0 Å². The lowest BCUT2D eigenvalue weighted by molar-refractivity contribution is -0.139. The molecule has 0 saturated heterocycles. The third-order valence-electron chi connectivity index (χ3n) is 5.90. The van der Waals surface area contributed by atoms with Crippen LogP contribution in [0.3, 0.4) is 0 Å². The molecular formula is C27H39N5O10. The molecule has 15 heteroatoms. The van der Waals surface area contributed by atoms with E-state index in [4.69, 9.17) is 9.84 Å². The van der Waals surface area contributed by atoms with Gasteiger partial charge in [-0.25, -0.2) is 4.79 Å². The fourth-order valence-corrected chi connectivity index (χ4v) is 3.58. The number of aromatic hydroxyl groups is 1. The predicted octanol–water partition coefficient (Wildman–Crippen LogP) is -0.642. The van der Waals surface area contributed by atoms with Gasteiger partial charge in [0.1, 0.15) is 36.2 Å². The average molecular weight is 594 g/mol. The predicted molar refractivity (Wildman–Crippen MR) is 148 cm³/mol. The second kappa shape index (κ2) is 17.2. The third-order valence-corrected chi connectivity index (χ3v) is 5.90. The fraction of sp³-hybridized carbons (Fsp3) is 0.519. The van der Waals surface area contributed by atoms with Crippen molar-refractivity contribution >= 4 is 42.0 Å². The van der Waals surface area contributed by atoms with Crippen molar-refractivity contribution < 1.29 is 48.5 Å². The van der Waals surface area contributed by atoms with Crippen molar-refractivity contribution in [2.75, 3.05) is 6.61 Å². The first-order chi connectivity index (χ1) is 19.7. The molecule has 1 aromatic carbocycles. The number of carbonyl (C=O) groups excluding carboxylic acids is 6. The highest BCUT2D eigenvalue weighted by molar-refractivity contribution is 5.95. The number of amides is 5. The van der Waals surface area contributed by atoms with Gasteiger partial charge in [-0.15, -0.1) is 0 Å². The second-order valence-electron chi connectivity index (χ2n) is 9.83. The Bertz CT molecular complexity index is 1120. The van der Waals surface area contributed by atoms with E-state index in [2.05, 4.69) is 26.6 Å². The van der Waals surface area contributed by atoms with Crippen LogP contribution < -0.4 is 26.6 Å². The topological polar surface area (TPSA) is 229 Å². The molecule has 15 nitrogen and oxygen atoms in total. The molecular weight excluding hydrogens is 554 g/mol. The Morgan fingerprint density at radius 2 is 1.38 bits per heavy atom. The third kappa shape index (κ3) is 12.2. The number of carboxylic acid groups (broad SMARTS) is 1. The maximum Gasteiger partial charge on any atom is 0.407 e. The van der Waals surface area contributed by atoms with Gasteiger partial charge in [0, 0.05) is 6.42 Å². The van der Waals surface area contributed by atoms with Crippen LogP contribution in [0.5, 0.6) is 5.75 Å². The maximum atomic E-state index is 13.4. The molecule has 5 atom stereocenters. The molecule has 0 radical (unpaired) electrons. The normalized spacial score (nSPS) is 14.2. The molecule has 1 rings (SSSR count). The van der Waals surface area contributed by atoms with Crippen molar-refractivity contribution in [3.05, 3.63) is 29.8 Å². The Kier molecular flexibility index (Phi) is 14.5. The highest BCUT2D eigenvalue weighted by Gasteiger charge is 2.32. The molecule has 0 heterocycles. The van der Waals surface area contributed by atoms with Gasteiger partial charge in [0.15, 0.2) is 0 Å². The SMILES string of the molecule is CCOC(=O)NC(C)C(=O)NC(Cc1ccc(O)cc1)C(=O)NC(C(=O)NC(C)C(=O)NC(C=O)CC(=O)O)C(C)C. The maximum absolute atomic E-state index is 13.4. The lowest BCUT2D eigenvalue weighted by Crippen LogP contribution is -2.59. The number of alkyl carbamates (subject to hydrolysis) is 1. The van der Waals surface area contributed by atoms with Crippen molar-refractivity contribution in [1.82, 2.24) is 26.6 Å². The van der Waals surface area contributed by atoms with E-state index < -0.39 is 78.2 Å². The fourth-order valence-electron chi connectivity index (χ4n) is 3.58. The first-order valence-corrected chi connectivity index (χ1v) is 13.3. The molecule has 0 aliphatic rings. The summed E-state index contributed by atoms with van der Waals surface area (Å²) < 4.78 is 4.77. The number of hydrogen-bond acceptors (Lipinski definition) is 9. The lowest BCUT2D eigenvalue weighted by atomic mass is 10.0. The molecule has 0 fully saturated rings. The Morgan fingerprint density at radius 3 is 1.90 bits per heavy atom. The van der Waals surface area contributed by atoms with Crippen molar-refractivity contribution in [1.29, 1.82) is 0 Å². The highest BCUT2D eigenvalue weighted by Crippen LogP contribution is 2.12. The minimum absolute atomic E-state index is 0.00633. The Labute approximate surface area is 243 Å². The summed E-state index contributed by atoms with van der Waals surface area (Å²) in [6, 6.07) is -0.0274. The first-order valence-electron chi connectivity index (χ1n) is 13.3. The number of rotatable bonds is 16. The number of aldehydes is 1. The van der Waals surface area contributed by atoms with Gasteiger partial charge in [-0.1, -0.05) is 26.0 Å². The first kappa shape index (κ1) is 35.3. The number of nitrogens with one attached hydrogen (secondary N) is 5. The highest BCUT2D eigenvalue weighted by atomic mass is 16.5. The summed E-state index contributed by atoms with van der Waals surface area (Å²) in [7, 11) is 0. The lowest BCUT2D eigenvalue weighted by Gasteiger charge is -2.27. The van der Waals surface area contributed by atoms with Crippen LogP contribution in [0.4, 0.5) is 4.79 Å². The van der Waals surface area contributed by atoms with Crippen LogP contribution in [0.25, 0.3) is 0 Å². The van der Waals surface area contributed by atoms with Crippen molar-refractivity contribution in [3.8, 4) is 5.75 Å². The van der Waals surface area contributed by atoms with Crippen LogP contribution in [0.1, 0.15) is 46.6 Å². The van der Waals surface area contributed by atoms with Gasteiger partial charge < -0.3 is 46.3 Å². The van der Waals surface area contributed by atoms with Crippen LogP contribution in [0.15, 0.2) is 24.3 Å². The van der Waals surface area contributed by atoms with Gasteiger partial charge in [-0.2, -0.15) is 0 Å². The Morgan fingerprint density at radius 1 is 0.810 bits per heavy atom. The van der Waals surface area contributed by atoms with Crippen LogP contribution in [-0.4, -0.2) is 89.0 Å². The zero-order valence-corrected chi connectivity index (χ0v) is 24.1. The van der Waals surface area contributed by atoms with Crippen molar-refractivity contribution in [2.24, 2.45) is 5.92 Å². The van der Waals surface area contributed by atoms with E-state index in [0.717, 1.165) is 0 Å². The van der Waals surface area contributed by atoms with Crippen LogP contribution in [0.2, 0.25) is 0 Å². The van der Waals surface area contributed by atoms with E-state index in [-0.39, 0.29) is 25.1 Å². The van der Waals surface area contributed by atoms with Crippen LogP contribution in [0, 0.1) is 5.92 Å². The molecule has 5 amide bonds. The molecule has 5 unspecified atom stereocenters. The van der Waals surface area contributed by atoms with E-state index in [1.54, 1.807) is 32.9 Å². The Hall–Kier alpha value is -4.69. The summed E-state index contributed by atoms with van der Waals surface area (Å²) in [6.45, 7) is 7.68. The minimum atomic E-state index is -1.30. The number of phenolic OH excluding ortho intramolecular Hbond substituents is 1. The summed E-state index contributed by atoms with van der Waals surface area (Å²) >= 11 is 0. The van der Waals surface area contributed by atoms with Gasteiger partial charge in [0.05, 0.1) is 19.1 Å². The minimum Gasteiger partial charge on any atom is -0.508 e. The largest absolute Gasteiger partial charge is 0.508 e. The number of phenols is 1. The molecule has 42 heavy (non-hydrogen) atoms. The van der Waals surface area contributed by atoms with E-state index in [9.17, 15) is 38.7 Å². The summed E-state index contributed by atoms with van der Waals surface area (Å²) in [5, 5.41) is 30.6. The average Bonchev–Trinajstić information content (AvgIpc) is 2.91. The summed E-state index contributed by atoms with van der Waals surface area (Å²) in [4.78, 5) is 85.3. The van der Waals surface area contributed by atoms with Gasteiger partial charge in [-0.05, 0) is 44.4 Å². The molecule has 0 aliphatic heterocycles. The number of ether oxygens (including phenoxy) is 1. The van der Waals surface area contributed by atoms with Crippen molar-refractivity contribution in [3.63, 3.8) is 0 Å². The van der Waals surface area contributed by atoms with E-state index >= 15 is 0 Å². The molecule has 0 aromatic heterocycles. The smallest absolute Gasteiger partial charge is 0.407 e. The van der Waals surface area contributed by atoms with E-state index in [1.807, 2.05) is 0 Å². The summed E-state index contributed by atoms with van der Waals surface area (Å²) in [5.74, 6) is -4.78. The van der Waals surface area contributed by atoms with Gasteiger partial charge in [0.25, 0.3) is 0 Å². The molecule has 7 N–H and O–H groups in total. The van der Waals surface area contributed by atoms with Gasteiger partial charge in [-0.3, -0.25) is 24.0 Å². The molecule has 0 spiro atoms. The summed E-state index contributed by atoms with van der Waals surface area (Å²) in [5.41, 5.74) is 0.571. The molecule has 0 aliphatic carbocycles. The molecule has 1 aromatic rings. The monoisotopic (exact) mass is 593 g/mol. The number of carbonyl (C=O) groups is 7. The number of benzene rings is 1. The van der Waals surface area contributed by atoms with E-state index in [0.29, 0.717) is 5.56 Å². The molecule has 0 saturated carbocycles. The van der Waals surface area contributed by atoms with Gasteiger partial charge in [0.2, 0.25) is 23.6 Å².